The molecule has 0 aliphatic carbocycles. The number of carboxylic acid groups (broad SMARTS) is 1. The van der Waals surface area contributed by atoms with E-state index in [1.54, 1.807) is 7.05 Å². The number of aliphatic carboxylic acids is 1. The fourth-order valence-corrected chi connectivity index (χ4v) is 2.57. The third-order valence-corrected chi connectivity index (χ3v) is 4.52. The summed E-state index contributed by atoms with van der Waals surface area (Å²) in [7, 11) is 1.55. The molecule has 2 aromatic rings. The molecule has 0 saturated heterocycles. The lowest BCUT2D eigenvalue weighted by molar-refractivity contribution is -0.155. The third kappa shape index (κ3) is 3.82. The Morgan fingerprint density at radius 3 is 1.75 bits per heavy atom. The smallest absolute Gasteiger partial charge is 0.329 e. The van der Waals surface area contributed by atoms with E-state index in [4.69, 9.17) is 0 Å². The number of amides is 1. The van der Waals surface area contributed by atoms with E-state index in [1.807, 2.05) is 60.7 Å². The Morgan fingerprint density at radius 1 is 0.958 bits per heavy atom. The van der Waals surface area contributed by atoms with Gasteiger partial charge in [-0.2, -0.15) is 0 Å². The van der Waals surface area contributed by atoms with Crippen molar-refractivity contribution in [1.82, 2.24) is 4.90 Å². The van der Waals surface area contributed by atoms with E-state index < -0.39 is 11.5 Å². The van der Waals surface area contributed by atoms with Crippen LogP contribution in [0.25, 0.3) is 0 Å². The Bertz CT molecular complexity index is 656. The van der Waals surface area contributed by atoms with Gasteiger partial charge in [-0.25, -0.2) is 4.79 Å². The molecule has 0 aliphatic heterocycles. The van der Waals surface area contributed by atoms with Gasteiger partial charge in [-0.1, -0.05) is 60.7 Å². The first-order chi connectivity index (χ1) is 11.3. The molecule has 24 heavy (non-hydrogen) atoms. The van der Waals surface area contributed by atoms with Gasteiger partial charge in [-0.05, 0) is 25.0 Å². The molecule has 4 heteroatoms. The Labute approximate surface area is 142 Å². The van der Waals surface area contributed by atoms with Crippen LogP contribution in [0.4, 0.5) is 0 Å². The van der Waals surface area contributed by atoms with Gasteiger partial charge in [-0.3, -0.25) is 4.79 Å². The summed E-state index contributed by atoms with van der Waals surface area (Å²) < 4.78 is 0. The van der Waals surface area contributed by atoms with Crippen molar-refractivity contribution in [3.05, 3.63) is 71.8 Å². The predicted molar refractivity (Wildman–Crippen MR) is 93.8 cm³/mol. The van der Waals surface area contributed by atoms with Crippen LogP contribution in [0.5, 0.6) is 0 Å². The predicted octanol–water partition coefficient (Wildman–Crippen LogP) is 3.53. The van der Waals surface area contributed by atoms with Crippen molar-refractivity contribution in [2.75, 3.05) is 7.05 Å². The number of likely N-dealkylation sites (N-methyl/N-ethyl adjacent to an activating group) is 1. The molecule has 2 aromatic carbocycles. The van der Waals surface area contributed by atoms with Gasteiger partial charge in [-0.15, -0.1) is 0 Å². The minimum absolute atomic E-state index is 0.105. The fourth-order valence-electron chi connectivity index (χ4n) is 2.57. The fraction of sp³-hybridized carbons (Fsp3) is 0.300. The van der Waals surface area contributed by atoms with Crippen molar-refractivity contribution in [2.24, 2.45) is 0 Å². The molecule has 0 saturated carbocycles. The van der Waals surface area contributed by atoms with Crippen molar-refractivity contribution in [2.45, 2.75) is 31.7 Å². The molecule has 0 spiro atoms. The summed E-state index contributed by atoms with van der Waals surface area (Å²) in [5.41, 5.74) is 0.840. The Balaban J connectivity index is 2.30. The van der Waals surface area contributed by atoms with Gasteiger partial charge in [0.25, 0.3) is 0 Å². The van der Waals surface area contributed by atoms with E-state index in [1.165, 1.54) is 18.7 Å². The second kappa shape index (κ2) is 7.30. The highest BCUT2D eigenvalue weighted by atomic mass is 16.4. The van der Waals surface area contributed by atoms with Crippen LogP contribution in [0, 0.1) is 0 Å². The number of carboxylic acids is 1. The van der Waals surface area contributed by atoms with Crippen molar-refractivity contribution in [3.63, 3.8) is 0 Å². The lowest BCUT2D eigenvalue weighted by Gasteiger charge is -2.33. The lowest BCUT2D eigenvalue weighted by atomic mass is 9.87. The van der Waals surface area contributed by atoms with Crippen molar-refractivity contribution in [1.29, 1.82) is 0 Å². The number of hydrogen-bond donors (Lipinski definition) is 1. The zero-order valence-corrected chi connectivity index (χ0v) is 14.3. The summed E-state index contributed by atoms with van der Waals surface area (Å²) in [4.78, 5) is 25.4. The number of carbonyl (C=O) groups is 2. The molecule has 0 heterocycles. The Kier molecular flexibility index (Phi) is 5.39. The largest absolute Gasteiger partial charge is 0.480 e. The summed E-state index contributed by atoms with van der Waals surface area (Å²) in [5, 5.41) is 9.33. The topological polar surface area (TPSA) is 57.6 Å². The molecule has 0 aromatic heterocycles. The minimum atomic E-state index is -1.24. The van der Waals surface area contributed by atoms with E-state index in [9.17, 15) is 14.7 Å². The highest BCUT2D eigenvalue weighted by Crippen LogP contribution is 2.29. The maximum Gasteiger partial charge on any atom is 0.329 e. The van der Waals surface area contributed by atoms with E-state index in [2.05, 4.69) is 0 Å². The second-order valence-electron chi connectivity index (χ2n) is 6.40. The highest BCUT2D eigenvalue weighted by molar-refractivity contribution is 5.86. The molecule has 0 fully saturated rings. The number of nitrogens with zero attached hydrogens (tertiary/aromatic N) is 1. The zero-order chi connectivity index (χ0) is 17.7. The summed E-state index contributed by atoms with van der Waals surface area (Å²) in [6, 6.07) is 19.6. The molecule has 1 N–H and O–H groups in total. The van der Waals surface area contributed by atoms with Crippen LogP contribution in [0.1, 0.15) is 37.3 Å². The summed E-state index contributed by atoms with van der Waals surface area (Å²) in [6.07, 6.45) is 0.223. The highest BCUT2D eigenvalue weighted by Gasteiger charge is 2.36. The van der Waals surface area contributed by atoms with Crippen LogP contribution in [0.15, 0.2) is 60.7 Å². The lowest BCUT2D eigenvalue weighted by Crippen LogP contribution is -2.51. The van der Waals surface area contributed by atoms with E-state index in [-0.39, 0.29) is 18.2 Å². The number of rotatable bonds is 6. The molecule has 126 valence electrons. The van der Waals surface area contributed by atoms with E-state index in [0.29, 0.717) is 0 Å². The standard InChI is InChI=1S/C20H23NO3/c1-20(2,19(23)24)21(3)18(22)14-17(15-10-6-4-7-11-15)16-12-8-5-9-13-16/h4-13,17H,14H2,1-3H3,(H,23,24). The Hall–Kier alpha value is -2.62. The minimum Gasteiger partial charge on any atom is -0.480 e. The molecular formula is C20H23NO3. The van der Waals surface area contributed by atoms with Gasteiger partial charge in [0.2, 0.25) is 5.91 Å². The average molecular weight is 325 g/mol. The first kappa shape index (κ1) is 17.7. The average Bonchev–Trinajstić information content (AvgIpc) is 2.60. The van der Waals surface area contributed by atoms with Gasteiger partial charge < -0.3 is 10.0 Å². The van der Waals surface area contributed by atoms with Crippen LogP contribution in [-0.2, 0) is 9.59 Å². The number of hydrogen-bond acceptors (Lipinski definition) is 2. The first-order valence-corrected chi connectivity index (χ1v) is 7.94. The van der Waals surface area contributed by atoms with Crippen LogP contribution in [-0.4, -0.2) is 34.5 Å². The summed E-state index contributed by atoms with van der Waals surface area (Å²) >= 11 is 0. The SMILES string of the molecule is CN(C(=O)CC(c1ccccc1)c1ccccc1)C(C)(C)C(=O)O. The molecule has 0 atom stereocenters. The maximum atomic E-state index is 12.7. The van der Waals surface area contributed by atoms with Gasteiger partial charge in [0.1, 0.15) is 5.54 Å². The molecule has 4 nitrogen and oxygen atoms in total. The van der Waals surface area contributed by atoms with E-state index >= 15 is 0 Å². The zero-order valence-electron chi connectivity index (χ0n) is 14.3. The first-order valence-electron chi connectivity index (χ1n) is 7.94. The van der Waals surface area contributed by atoms with Crippen molar-refractivity contribution >= 4 is 11.9 Å². The molecule has 0 bridgehead atoms. The van der Waals surface area contributed by atoms with Crippen LogP contribution in [0.2, 0.25) is 0 Å². The Morgan fingerprint density at radius 2 is 1.38 bits per heavy atom. The third-order valence-electron chi connectivity index (χ3n) is 4.52. The number of carbonyl (C=O) groups excluding carboxylic acids is 1. The van der Waals surface area contributed by atoms with Crippen molar-refractivity contribution in [3.8, 4) is 0 Å². The van der Waals surface area contributed by atoms with Crippen LogP contribution in [0.3, 0.4) is 0 Å². The normalized spacial score (nSPS) is 11.3. The monoisotopic (exact) mass is 325 g/mol. The molecule has 2 rings (SSSR count). The van der Waals surface area contributed by atoms with Crippen LogP contribution >= 0.6 is 0 Å². The summed E-state index contributed by atoms with van der Waals surface area (Å²) in [6.45, 7) is 3.07. The van der Waals surface area contributed by atoms with Crippen molar-refractivity contribution < 1.29 is 14.7 Å². The molecule has 0 aliphatic rings. The second-order valence-corrected chi connectivity index (χ2v) is 6.40. The van der Waals surface area contributed by atoms with Gasteiger partial charge in [0, 0.05) is 19.4 Å². The summed E-state index contributed by atoms with van der Waals surface area (Å²) in [5.74, 6) is -1.32. The molecule has 0 unspecified atom stereocenters. The quantitative estimate of drug-likeness (QED) is 0.884. The van der Waals surface area contributed by atoms with E-state index in [0.717, 1.165) is 11.1 Å². The molecular weight excluding hydrogens is 302 g/mol. The van der Waals surface area contributed by atoms with Gasteiger partial charge >= 0.3 is 5.97 Å². The van der Waals surface area contributed by atoms with Gasteiger partial charge in [0.05, 0.1) is 0 Å². The van der Waals surface area contributed by atoms with Gasteiger partial charge in [0.15, 0.2) is 0 Å². The number of benzene rings is 2. The molecule has 0 radical (unpaired) electrons. The maximum absolute atomic E-state index is 12.7. The molecule has 1 amide bonds. The van der Waals surface area contributed by atoms with Crippen LogP contribution < -0.4 is 0 Å².